The van der Waals surface area contributed by atoms with Crippen LogP contribution in [0.2, 0.25) is 0 Å². The standard InChI is InChI=1S/C20H19F2NO4/c1-23(10-12-2-5-14(6-3-12)27-11-19(24)25)20(26)16-9-15(16)13-4-7-17(21)18(22)8-13/h2-8,15-16H,9-11H2,1H3,(H,24,25). The molecular weight excluding hydrogens is 356 g/mol. The summed E-state index contributed by atoms with van der Waals surface area (Å²) in [4.78, 5) is 24.6. The molecule has 0 aromatic heterocycles. The second kappa shape index (κ2) is 7.73. The highest BCUT2D eigenvalue weighted by Gasteiger charge is 2.45. The third kappa shape index (κ3) is 4.61. The predicted molar refractivity (Wildman–Crippen MR) is 93.3 cm³/mol. The Balaban J connectivity index is 1.55. The zero-order valence-electron chi connectivity index (χ0n) is 14.7. The minimum atomic E-state index is -1.05. The molecule has 27 heavy (non-hydrogen) atoms. The van der Waals surface area contributed by atoms with Crippen LogP contribution in [0.5, 0.6) is 5.75 Å². The van der Waals surface area contributed by atoms with Gasteiger partial charge in [-0.2, -0.15) is 0 Å². The summed E-state index contributed by atoms with van der Waals surface area (Å²) in [6.07, 6.45) is 0.621. The smallest absolute Gasteiger partial charge is 0.341 e. The summed E-state index contributed by atoms with van der Waals surface area (Å²) in [5.74, 6) is -2.75. The third-order valence-electron chi connectivity index (χ3n) is 4.56. The molecule has 1 aliphatic carbocycles. The summed E-state index contributed by atoms with van der Waals surface area (Å²) >= 11 is 0. The fourth-order valence-electron chi connectivity index (χ4n) is 3.05. The number of aliphatic carboxylic acids is 1. The fourth-order valence-corrected chi connectivity index (χ4v) is 3.05. The van der Waals surface area contributed by atoms with Crippen LogP contribution < -0.4 is 4.74 Å². The first kappa shape index (κ1) is 18.8. The molecule has 0 bridgehead atoms. The lowest BCUT2D eigenvalue weighted by atomic mass is 10.1. The second-order valence-electron chi connectivity index (χ2n) is 6.64. The van der Waals surface area contributed by atoms with Crippen molar-refractivity contribution in [2.45, 2.75) is 18.9 Å². The van der Waals surface area contributed by atoms with Gasteiger partial charge in [0.15, 0.2) is 18.2 Å². The van der Waals surface area contributed by atoms with E-state index in [9.17, 15) is 18.4 Å². The van der Waals surface area contributed by atoms with E-state index in [1.54, 1.807) is 36.2 Å². The van der Waals surface area contributed by atoms with E-state index in [2.05, 4.69) is 0 Å². The van der Waals surface area contributed by atoms with Crippen molar-refractivity contribution in [1.29, 1.82) is 0 Å². The van der Waals surface area contributed by atoms with Crippen LogP contribution in [0.25, 0.3) is 0 Å². The number of carbonyl (C=O) groups is 2. The van der Waals surface area contributed by atoms with E-state index < -0.39 is 24.2 Å². The molecular formula is C20H19F2NO4. The minimum absolute atomic E-state index is 0.0454. The maximum Gasteiger partial charge on any atom is 0.341 e. The van der Waals surface area contributed by atoms with Crippen molar-refractivity contribution < 1.29 is 28.2 Å². The number of carboxylic acid groups (broad SMARTS) is 1. The van der Waals surface area contributed by atoms with Crippen LogP contribution >= 0.6 is 0 Å². The maximum atomic E-state index is 13.4. The Morgan fingerprint density at radius 3 is 2.48 bits per heavy atom. The van der Waals surface area contributed by atoms with Crippen LogP contribution in [0.3, 0.4) is 0 Å². The molecule has 0 spiro atoms. The fraction of sp³-hybridized carbons (Fsp3) is 0.300. The molecule has 0 aliphatic heterocycles. The number of ether oxygens (including phenoxy) is 1. The molecule has 0 heterocycles. The van der Waals surface area contributed by atoms with Gasteiger partial charge in [0.25, 0.3) is 0 Å². The first-order valence-corrected chi connectivity index (χ1v) is 8.48. The summed E-state index contributed by atoms with van der Waals surface area (Å²) in [6, 6.07) is 10.6. The molecule has 7 heteroatoms. The largest absolute Gasteiger partial charge is 0.482 e. The van der Waals surface area contributed by atoms with Gasteiger partial charge in [-0.1, -0.05) is 18.2 Å². The number of hydrogen-bond donors (Lipinski definition) is 1. The van der Waals surface area contributed by atoms with Gasteiger partial charge in [0, 0.05) is 19.5 Å². The van der Waals surface area contributed by atoms with Crippen molar-refractivity contribution >= 4 is 11.9 Å². The van der Waals surface area contributed by atoms with Crippen molar-refractivity contribution in [3.8, 4) is 5.75 Å². The summed E-state index contributed by atoms with van der Waals surface area (Å²) in [5.41, 5.74) is 1.51. The van der Waals surface area contributed by atoms with E-state index in [4.69, 9.17) is 9.84 Å². The highest BCUT2D eigenvalue weighted by Crippen LogP contribution is 2.48. The van der Waals surface area contributed by atoms with Gasteiger partial charge in [0.1, 0.15) is 5.75 Å². The van der Waals surface area contributed by atoms with E-state index in [1.807, 2.05) is 0 Å². The predicted octanol–water partition coefficient (Wildman–Crippen LogP) is 3.19. The molecule has 1 aliphatic rings. The molecule has 0 saturated heterocycles. The zero-order valence-corrected chi connectivity index (χ0v) is 14.7. The van der Waals surface area contributed by atoms with E-state index in [1.165, 1.54) is 6.07 Å². The Labute approximate surface area is 155 Å². The van der Waals surface area contributed by atoms with Gasteiger partial charge in [-0.05, 0) is 47.7 Å². The second-order valence-corrected chi connectivity index (χ2v) is 6.64. The van der Waals surface area contributed by atoms with Crippen LogP contribution in [-0.4, -0.2) is 35.5 Å². The topological polar surface area (TPSA) is 66.8 Å². The molecule has 0 radical (unpaired) electrons. The molecule has 2 aromatic carbocycles. The van der Waals surface area contributed by atoms with Crippen LogP contribution in [0.15, 0.2) is 42.5 Å². The molecule has 5 nitrogen and oxygen atoms in total. The normalized spacial score (nSPS) is 18.0. The van der Waals surface area contributed by atoms with E-state index in [-0.39, 0.29) is 17.7 Å². The van der Waals surface area contributed by atoms with Gasteiger partial charge in [-0.3, -0.25) is 4.79 Å². The maximum absolute atomic E-state index is 13.4. The van der Waals surface area contributed by atoms with Gasteiger partial charge in [-0.15, -0.1) is 0 Å². The molecule has 1 N–H and O–H groups in total. The average Bonchev–Trinajstić information content (AvgIpc) is 3.43. The van der Waals surface area contributed by atoms with Crippen molar-refractivity contribution in [3.05, 3.63) is 65.2 Å². The van der Waals surface area contributed by atoms with Crippen LogP contribution in [-0.2, 0) is 16.1 Å². The summed E-state index contributed by atoms with van der Waals surface area (Å²) < 4.78 is 31.5. The molecule has 1 fully saturated rings. The molecule has 3 rings (SSSR count). The quantitative estimate of drug-likeness (QED) is 0.807. The Bertz CT molecular complexity index is 854. The molecule has 142 valence electrons. The van der Waals surface area contributed by atoms with Crippen molar-refractivity contribution in [2.24, 2.45) is 5.92 Å². The van der Waals surface area contributed by atoms with Crippen molar-refractivity contribution in [2.75, 3.05) is 13.7 Å². The highest BCUT2D eigenvalue weighted by atomic mass is 19.2. The molecule has 2 unspecified atom stereocenters. The van der Waals surface area contributed by atoms with Gasteiger partial charge in [0.2, 0.25) is 5.91 Å². The summed E-state index contributed by atoms with van der Waals surface area (Å²) in [6.45, 7) is -0.0240. The van der Waals surface area contributed by atoms with Crippen LogP contribution in [0, 0.1) is 17.6 Å². The van der Waals surface area contributed by atoms with E-state index in [0.717, 1.165) is 17.7 Å². The first-order valence-electron chi connectivity index (χ1n) is 8.48. The molecule has 1 amide bonds. The Morgan fingerprint density at radius 2 is 1.85 bits per heavy atom. The first-order chi connectivity index (χ1) is 12.8. The van der Waals surface area contributed by atoms with E-state index >= 15 is 0 Å². The lowest BCUT2D eigenvalue weighted by molar-refractivity contribution is -0.139. The summed E-state index contributed by atoms with van der Waals surface area (Å²) in [7, 11) is 1.69. The molecule has 2 atom stereocenters. The lowest BCUT2D eigenvalue weighted by Crippen LogP contribution is -2.28. The number of amides is 1. The van der Waals surface area contributed by atoms with Crippen LogP contribution in [0.1, 0.15) is 23.5 Å². The number of hydrogen-bond acceptors (Lipinski definition) is 3. The van der Waals surface area contributed by atoms with Gasteiger partial charge < -0.3 is 14.7 Å². The Hall–Kier alpha value is -2.96. The van der Waals surface area contributed by atoms with Crippen LogP contribution in [0.4, 0.5) is 8.78 Å². The van der Waals surface area contributed by atoms with Gasteiger partial charge >= 0.3 is 5.97 Å². The summed E-state index contributed by atoms with van der Waals surface area (Å²) in [5, 5.41) is 8.59. The Morgan fingerprint density at radius 1 is 1.15 bits per heavy atom. The molecule has 1 saturated carbocycles. The lowest BCUT2D eigenvalue weighted by Gasteiger charge is -2.18. The third-order valence-corrected chi connectivity index (χ3v) is 4.56. The number of halogens is 2. The SMILES string of the molecule is CN(Cc1ccc(OCC(=O)O)cc1)C(=O)C1CC1c1ccc(F)c(F)c1. The van der Waals surface area contributed by atoms with Crippen molar-refractivity contribution in [1.82, 2.24) is 4.90 Å². The number of rotatable bonds is 7. The molecule has 2 aromatic rings. The average molecular weight is 375 g/mol. The number of nitrogens with zero attached hydrogens (tertiary/aromatic N) is 1. The number of carbonyl (C=O) groups excluding carboxylic acids is 1. The monoisotopic (exact) mass is 375 g/mol. The van der Waals surface area contributed by atoms with E-state index in [0.29, 0.717) is 24.3 Å². The minimum Gasteiger partial charge on any atom is -0.482 e. The van der Waals surface area contributed by atoms with Crippen molar-refractivity contribution in [3.63, 3.8) is 0 Å². The van der Waals surface area contributed by atoms with Gasteiger partial charge in [0.05, 0.1) is 0 Å². The zero-order chi connectivity index (χ0) is 19.6. The Kier molecular flexibility index (Phi) is 5.39. The van der Waals surface area contributed by atoms with Gasteiger partial charge in [-0.25, -0.2) is 13.6 Å². The number of carboxylic acids is 1. The highest BCUT2D eigenvalue weighted by molar-refractivity contribution is 5.82. The number of benzene rings is 2.